The maximum atomic E-state index is 13.8. The molecule has 1 aromatic rings. The van der Waals surface area contributed by atoms with Crippen LogP contribution in [0.4, 0.5) is 14.5 Å². The van der Waals surface area contributed by atoms with Crippen LogP contribution in [0.2, 0.25) is 0 Å². The first-order chi connectivity index (χ1) is 9.81. The molecule has 1 fully saturated rings. The normalized spacial score (nSPS) is 18.5. The Kier molecular flexibility index (Phi) is 4.46. The van der Waals surface area contributed by atoms with Crippen molar-refractivity contribution in [3.8, 4) is 0 Å². The van der Waals surface area contributed by atoms with E-state index < -0.39 is 17.6 Å². The van der Waals surface area contributed by atoms with Crippen molar-refractivity contribution in [3.63, 3.8) is 0 Å². The highest BCUT2D eigenvalue weighted by molar-refractivity contribution is 5.88. The fourth-order valence-corrected chi connectivity index (χ4v) is 2.50. The molecule has 1 saturated heterocycles. The third kappa shape index (κ3) is 3.69. The highest BCUT2D eigenvalue weighted by Gasteiger charge is 2.29. The van der Waals surface area contributed by atoms with E-state index in [1.54, 1.807) is 0 Å². The number of hydrogen-bond donors (Lipinski definition) is 2. The lowest BCUT2D eigenvalue weighted by molar-refractivity contribution is 0.0695. The van der Waals surface area contributed by atoms with E-state index in [1.807, 2.05) is 0 Å². The monoisotopic (exact) mass is 298 g/mol. The smallest absolute Gasteiger partial charge is 0.335 e. The summed E-state index contributed by atoms with van der Waals surface area (Å²) in [5.74, 6) is -3.09. The Balaban J connectivity index is 2.08. The van der Waals surface area contributed by atoms with Crippen LogP contribution in [0, 0.1) is 17.0 Å². The minimum Gasteiger partial charge on any atom is -0.478 e. The van der Waals surface area contributed by atoms with Crippen LogP contribution in [0.25, 0.3) is 0 Å². The molecule has 0 saturated carbocycles. The van der Waals surface area contributed by atoms with Gasteiger partial charge < -0.3 is 15.3 Å². The van der Waals surface area contributed by atoms with Gasteiger partial charge in [0, 0.05) is 6.54 Å². The maximum Gasteiger partial charge on any atom is 0.335 e. The number of likely N-dealkylation sites (tertiary alicyclic amines) is 1. The van der Waals surface area contributed by atoms with Crippen LogP contribution in [0.15, 0.2) is 12.1 Å². The van der Waals surface area contributed by atoms with Gasteiger partial charge in [-0.05, 0) is 50.5 Å². The van der Waals surface area contributed by atoms with Gasteiger partial charge in [0.05, 0.1) is 5.56 Å². The van der Waals surface area contributed by atoms with Crippen molar-refractivity contribution in [1.82, 2.24) is 4.90 Å². The van der Waals surface area contributed by atoms with Gasteiger partial charge in [0.25, 0.3) is 0 Å². The zero-order valence-electron chi connectivity index (χ0n) is 12.2. The number of halogens is 2. The van der Waals surface area contributed by atoms with Gasteiger partial charge in [-0.2, -0.15) is 0 Å². The molecule has 1 heterocycles. The summed E-state index contributed by atoms with van der Waals surface area (Å²) in [6, 6.07) is 1.68. The summed E-state index contributed by atoms with van der Waals surface area (Å²) < 4.78 is 27.7. The lowest BCUT2D eigenvalue weighted by atomic mass is 9.80. The zero-order valence-corrected chi connectivity index (χ0v) is 12.2. The first-order valence-corrected chi connectivity index (χ1v) is 6.95. The lowest BCUT2D eigenvalue weighted by Gasteiger charge is -2.38. The molecule has 116 valence electrons. The highest BCUT2D eigenvalue weighted by atomic mass is 19.1. The van der Waals surface area contributed by atoms with Crippen molar-refractivity contribution in [2.45, 2.75) is 19.8 Å². The molecule has 0 unspecified atom stereocenters. The molecule has 1 aliphatic heterocycles. The molecule has 0 bridgehead atoms. The Labute approximate surface area is 122 Å². The molecule has 0 spiro atoms. The van der Waals surface area contributed by atoms with Crippen molar-refractivity contribution in [2.24, 2.45) is 5.41 Å². The van der Waals surface area contributed by atoms with E-state index in [2.05, 4.69) is 24.2 Å². The van der Waals surface area contributed by atoms with Crippen molar-refractivity contribution >= 4 is 11.7 Å². The van der Waals surface area contributed by atoms with Gasteiger partial charge >= 0.3 is 5.97 Å². The summed E-state index contributed by atoms with van der Waals surface area (Å²) in [7, 11) is 2.05. The summed E-state index contributed by atoms with van der Waals surface area (Å²) >= 11 is 0. The maximum absolute atomic E-state index is 13.8. The molecule has 0 aliphatic carbocycles. The Morgan fingerprint density at radius 1 is 1.33 bits per heavy atom. The van der Waals surface area contributed by atoms with Crippen molar-refractivity contribution in [3.05, 3.63) is 29.3 Å². The van der Waals surface area contributed by atoms with Gasteiger partial charge in [-0.25, -0.2) is 13.6 Å². The molecule has 1 aliphatic rings. The van der Waals surface area contributed by atoms with Crippen LogP contribution in [-0.2, 0) is 0 Å². The van der Waals surface area contributed by atoms with Crippen LogP contribution < -0.4 is 5.32 Å². The SMILES string of the molecule is CN1CCC(C)(CNc2c(F)cc(C(=O)O)cc2F)CC1. The summed E-state index contributed by atoms with van der Waals surface area (Å²) in [5.41, 5.74) is -0.655. The number of carboxylic acid groups (broad SMARTS) is 1. The average Bonchev–Trinajstić information content (AvgIpc) is 2.41. The van der Waals surface area contributed by atoms with Gasteiger partial charge in [0.1, 0.15) is 17.3 Å². The van der Waals surface area contributed by atoms with Gasteiger partial charge in [0.15, 0.2) is 0 Å². The Bertz CT molecular complexity index is 517. The molecule has 2 rings (SSSR count). The number of carbonyl (C=O) groups is 1. The molecule has 0 amide bonds. The number of rotatable bonds is 4. The average molecular weight is 298 g/mol. The van der Waals surface area contributed by atoms with E-state index in [1.165, 1.54) is 0 Å². The summed E-state index contributed by atoms with van der Waals surface area (Å²) in [4.78, 5) is 13.0. The number of nitrogens with zero attached hydrogens (tertiary/aromatic N) is 1. The van der Waals surface area contributed by atoms with E-state index in [-0.39, 0.29) is 16.7 Å². The van der Waals surface area contributed by atoms with Gasteiger partial charge in [-0.15, -0.1) is 0 Å². The first-order valence-electron chi connectivity index (χ1n) is 6.95. The van der Waals surface area contributed by atoms with E-state index in [0.29, 0.717) is 6.54 Å². The molecule has 21 heavy (non-hydrogen) atoms. The van der Waals surface area contributed by atoms with Crippen molar-refractivity contribution in [2.75, 3.05) is 32.0 Å². The Morgan fingerprint density at radius 2 is 1.86 bits per heavy atom. The quantitative estimate of drug-likeness (QED) is 0.897. The van der Waals surface area contributed by atoms with Gasteiger partial charge in [-0.3, -0.25) is 0 Å². The van der Waals surface area contributed by atoms with Gasteiger partial charge in [0.2, 0.25) is 0 Å². The second-order valence-corrected chi connectivity index (χ2v) is 6.09. The number of anilines is 1. The molecule has 0 atom stereocenters. The van der Waals surface area contributed by atoms with E-state index in [0.717, 1.165) is 38.1 Å². The third-order valence-electron chi connectivity index (χ3n) is 4.18. The van der Waals surface area contributed by atoms with E-state index >= 15 is 0 Å². The predicted molar refractivity (Wildman–Crippen MR) is 76.6 cm³/mol. The Morgan fingerprint density at radius 3 is 2.33 bits per heavy atom. The number of hydrogen-bond acceptors (Lipinski definition) is 3. The van der Waals surface area contributed by atoms with Crippen LogP contribution >= 0.6 is 0 Å². The number of piperidine rings is 1. The lowest BCUT2D eigenvalue weighted by Crippen LogP contribution is -2.40. The third-order valence-corrected chi connectivity index (χ3v) is 4.18. The van der Waals surface area contributed by atoms with Crippen LogP contribution in [0.3, 0.4) is 0 Å². The van der Waals surface area contributed by atoms with Crippen LogP contribution in [0.5, 0.6) is 0 Å². The van der Waals surface area contributed by atoms with Crippen molar-refractivity contribution < 1.29 is 18.7 Å². The van der Waals surface area contributed by atoms with Crippen LogP contribution in [-0.4, -0.2) is 42.7 Å². The standard InChI is InChI=1S/C15H20F2N2O2/c1-15(3-5-19(2)6-4-15)9-18-13-11(16)7-10(14(20)21)8-12(13)17/h7-8,18H,3-6,9H2,1-2H3,(H,20,21). The van der Waals surface area contributed by atoms with Crippen LogP contribution in [0.1, 0.15) is 30.1 Å². The predicted octanol–water partition coefficient (Wildman–Crippen LogP) is 2.81. The van der Waals surface area contributed by atoms with Gasteiger partial charge in [-0.1, -0.05) is 6.92 Å². The second kappa shape index (κ2) is 5.97. The fourth-order valence-electron chi connectivity index (χ4n) is 2.50. The molecule has 4 nitrogen and oxygen atoms in total. The minimum absolute atomic E-state index is 0.0170. The molecule has 6 heteroatoms. The first kappa shape index (κ1) is 15.7. The number of aromatic carboxylic acids is 1. The van der Waals surface area contributed by atoms with Crippen molar-refractivity contribution in [1.29, 1.82) is 0 Å². The summed E-state index contributed by atoms with van der Waals surface area (Å²) in [5, 5.41) is 11.6. The minimum atomic E-state index is -1.35. The summed E-state index contributed by atoms with van der Waals surface area (Å²) in [6.45, 7) is 4.47. The molecule has 2 N–H and O–H groups in total. The summed E-state index contributed by atoms with van der Waals surface area (Å²) in [6.07, 6.45) is 1.90. The molecular weight excluding hydrogens is 278 g/mol. The number of benzene rings is 1. The fraction of sp³-hybridized carbons (Fsp3) is 0.533. The zero-order chi connectivity index (χ0) is 15.6. The number of carboxylic acids is 1. The molecule has 1 aromatic carbocycles. The molecule has 0 aromatic heterocycles. The Hall–Kier alpha value is -1.69. The highest BCUT2D eigenvalue weighted by Crippen LogP contribution is 2.31. The molecule has 0 radical (unpaired) electrons. The van der Waals surface area contributed by atoms with E-state index in [9.17, 15) is 13.6 Å². The largest absolute Gasteiger partial charge is 0.478 e. The molecular formula is C15H20F2N2O2. The second-order valence-electron chi connectivity index (χ2n) is 6.09. The van der Waals surface area contributed by atoms with E-state index in [4.69, 9.17) is 5.11 Å². The topological polar surface area (TPSA) is 52.6 Å². The number of nitrogens with one attached hydrogen (secondary N) is 1.